The fraction of sp³-hybridized carbons (Fsp3) is 0.438. The van der Waals surface area contributed by atoms with Crippen LogP contribution >= 0.6 is 0 Å². The number of pyridine rings is 1. The van der Waals surface area contributed by atoms with E-state index in [4.69, 9.17) is 0 Å². The van der Waals surface area contributed by atoms with E-state index < -0.39 is 0 Å². The molecule has 0 bridgehead atoms. The highest BCUT2D eigenvalue weighted by Gasteiger charge is 2.25. The lowest BCUT2D eigenvalue weighted by molar-refractivity contribution is 0.205. The molecule has 0 amide bonds. The second-order valence-electron chi connectivity index (χ2n) is 5.35. The highest BCUT2D eigenvalue weighted by molar-refractivity contribution is 5.81. The van der Waals surface area contributed by atoms with E-state index in [0.29, 0.717) is 18.6 Å². The van der Waals surface area contributed by atoms with Gasteiger partial charge in [0.25, 0.3) is 0 Å². The molecule has 1 fully saturated rings. The molecule has 0 aliphatic heterocycles. The van der Waals surface area contributed by atoms with Gasteiger partial charge in [-0.2, -0.15) is 0 Å². The summed E-state index contributed by atoms with van der Waals surface area (Å²) in [6.45, 7) is 1.15. The number of aliphatic hydroxyl groups is 1. The summed E-state index contributed by atoms with van der Waals surface area (Å²) in [6.07, 6.45) is 5.41. The molecular formula is C16H20N2O. The highest BCUT2D eigenvalue weighted by atomic mass is 16.3. The van der Waals surface area contributed by atoms with Crippen LogP contribution in [0.25, 0.3) is 10.9 Å². The van der Waals surface area contributed by atoms with Crippen LogP contribution in [0.2, 0.25) is 0 Å². The number of aromatic nitrogens is 1. The van der Waals surface area contributed by atoms with Crippen LogP contribution in [0.1, 0.15) is 24.8 Å². The Bertz CT molecular complexity index is 550. The van der Waals surface area contributed by atoms with Crippen LogP contribution < -0.4 is 5.32 Å². The van der Waals surface area contributed by atoms with Gasteiger partial charge < -0.3 is 10.4 Å². The SMILES string of the molecule is OCC1CCCC1NCc1ccnc2ccccc12. The quantitative estimate of drug-likeness (QED) is 0.883. The smallest absolute Gasteiger partial charge is 0.0705 e. The maximum atomic E-state index is 9.36. The zero-order valence-corrected chi connectivity index (χ0v) is 11.0. The van der Waals surface area contributed by atoms with Crippen molar-refractivity contribution in [1.82, 2.24) is 10.3 Å². The second kappa shape index (κ2) is 5.68. The number of para-hydroxylation sites is 1. The first kappa shape index (κ1) is 12.6. The topological polar surface area (TPSA) is 45.1 Å². The van der Waals surface area contributed by atoms with Crippen LogP contribution in [0.15, 0.2) is 36.5 Å². The van der Waals surface area contributed by atoms with E-state index in [9.17, 15) is 5.11 Å². The number of nitrogens with one attached hydrogen (secondary N) is 1. The Kier molecular flexibility index (Phi) is 3.76. The summed E-state index contributed by atoms with van der Waals surface area (Å²) in [7, 11) is 0. The van der Waals surface area contributed by atoms with Gasteiger partial charge >= 0.3 is 0 Å². The molecule has 3 heteroatoms. The number of aliphatic hydroxyl groups excluding tert-OH is 1. The third-order valence-corrected chi connectivity index (χ3v) is 4.19. The second-order valence-corrected chi connectivity index (χ2v) is 5.35. The van der Waals surface area contributed by atoms with Gasteiger partial charge in [-0.25, -0.2) is 0 Å². The summed E-state index contributed by atoms with van der Waals surface area (Å²) in [4.78, 5) is 4.38. The number of nitrogens with zero attached hydrogens (tertiary/aromatic N) is 1. The predicted molar refractivity (Wildman–Crippen MR) is 76.8 cm³/mol. The van der Waals surface area contributed by atoms with Crippen LogP contribution in [-0.2, 0) is 6.54 Å². The number of fused-ring (bicyclic) bond motifs is 1. The van der Waals surface area contributed by atoms with Gasteiger partial charge in [-0.05, 0) is 36.5 Å². The van der Waals surface area contributed by atoms with E-state index in [2.05, 4.69) is 28.5 Å². The van der Waals surface area contributed by atoms with Gasteiger partial charge in [0, 0.05) is 30.8 Å². The lowest BCUT2D eigenvalue weighted by Crippen LogP contribution is -2.33. The minimum absolute atomic E-state index is 0.300. The largest absolute Gasteiger partial charge is 0.396 e. The molecule has 1 aromatic heterocycles. The van der Waals surface area contributed by atoms with E-state index in [1.807, 2.05) is 18.3 Å². The fourth-order valence-electron chi connectivity index (χ4n) is 3.07. The Morgan fingerprint density at radius 1 is 1.21 bits per heavy atom. The van der Waals surface area contributed by atoms with Crippen molar-refractivity contribution in [3.05, 3.63) is 42.1 Å². The molecule has 100 valence electrons. The molecule has 3 rings (SSSR count). The molecule has 1 aliphatic carbocycles. The summed E-state index contributed by atoms with van der Waals surface area (Å²) in [5.74, 6) is 0.424. The molecule has 0 spiro atoms. The van der Waals surface area contributed by atoms with Gasteiger partial charge in [0.1, 0.15) is 0 Å². The molecule has 1 saturated carbocycles. The third kappa shape index (κ3) is 2.62. The van der Waals surface area contributed by atoms with Crippen molar-refractivity contribution in [1.29, 1.82) is 0 Å². The van der Waals surface area contributed by atoms with E-state index in [1.54, 1.807) is 0 Å². The third-order valence-electron chi connectivity index (χ3n) is 4.19. The Morgan fingerprint density at radius 3 is 3.00 bits per heavy atom. The number of hydrogen-bond acceptors (Lipinski definition) is 3. The van der Waals surface area contributed by atoms with E-state index in [0.717, 1.165) is 18.5 Å². The van der Waals surface area contributed by atoms with Crippen LogP contribution in [0.3, 0.4) is 0 Å². The van der Waals surface area contributed by atoms with Crippen molar-refractivity contribution >= 4 is 10.9 Å². The Balaban J connectivity index is 1.75. The number of rotatable bonds is 4. The van der Waals surface area contributed by atoms with Crippen molar-refractivity contribution in [2.45, 2.75) is 31.8 Å². The summed E-state index contributed by atoms with van der Waals surface area (Å²) in [6, 6.07) is 10.8. The van der Waals surface area contributed by atoms with Crippen molar-refractivity contribution in [2.75, 3.05) is 6.61 Å². The summed E-state index contributed by atoms with van der Waals surface area (Å²) < 4.78 is 0. The normalized spacial score (nSPS) is 23.0. The van der Waals surface area contributed by atoms with Crippen molar-refractivity contribution in [3.63, 3.8) is 0 Å². The van der Waals surface area contributed by atoms with E-state index >= 15 is 0 Å². The molecule has 0 radical (unpaired) electrons. The first-order valence-electron chi connectivity index (χ1n) is 7.05. The maximum Gasteiger partial charge on any atom is 0.0705 e. The van der Waals surface area contributed by atoms with Gasteiger partial charge in [0.15, 0.2) is 0 Å². The Hall–Kier alpha value is -1.45. The molecule has 1 heterocycles. The zero-order valence-electron chi connectivity index (χ0n) is 11.0. The van der Waals surface area contributed by atoms with Crippen LogP contribution in [0.5, 0.6) is 0 Å². The number of hydrogen-bond donors (Lipinski definition) is 2. The van der Waals surface area contributed by atoms with Crippen molar-refractivity contribution in [2.24, 2.45) is 5.92 Å². The lowest BCUT2D eigenvalue weighted by atomic mass is 10.0. The average Bonchev–Trinajstić information content (AvgIpc) is 2.92. The van der Waals surface area contributed by atoms with Gasteiger partial charge in [-0.15, -0.1) is 0 Å². The number of benzene rings is 1. The minimum Gasteiger partial charge on any atom is -0.396 e. The molecule has 0 saturated heterocycles. The first-order chi connectivity index (χ1) is 9.38. The molecule has 2 aromatic rings. The summed E-state index contributed by atoms with van der Waals surface area (Å²) in [5.41, 5.74) is 2.33. The van der Waals surface area contributed by atoms with Crippen molar-refractivity contribution in [3.8, 4) is 0 Å². The molecule has 2 N–H and O–H groups in total. The first-order valence-corrected chi connectivity index (χ1v) is 7.05. The van der Waals surface area contributed by atoms with Crippen LogP contribution in [-0.4, -0.2) is 22.7 Å². The maximum absolute atomic E-state index is 9.36. The molecule has 19 heavy (non-hydrogen) atoms. The van der Waals surface area contributed by atoms with Crippen LogP contribution in [0.4, 0.5) is 0 Å². The minimum atomic E-state index is 0.300. The fourth-order valence-corrected chi connectivity index (χ4v) is 3.07. The van der Waals surface area contributed by atoms with Gasteiger partial charge in [-0.3, -0.25) is 4.98 Å². The monoisotopic (exact) mass is 256 g/mol. The molecule has 2 atom stereocenters. The Morgan fingerprint density at radius 2 is 2.11 bits per heavy atom. The average molecular weight is 256 g/mol. The molecule has 1 aromatic carbocycles. The molecule has 3 nitrogen and oxygen atoms in total. The zero-order chi connectivity index (χ0) is 13.1. The van der Waals surface area contributed by atoms with Crippen molar-refractivity contribution < 1.29 is 5.11 Å². The molecule has 1 aliphatic rings. The van der Waals surface area contributed by atoms with Gasteiger partial charge in [0.05, 0.1) is 5.52 Å². The summed E-state index contributed by atoms with van der Waals surface area (Å²) >= 11 is 0. The van der Waals surface area contributed by atoms with Gasteiger partial charge in [0.2, 0.25) is 0 Å². The molecular weight excluding hydrogens is 236 g/mol. The summed E-state index contributed by atoms with van der Waals surface area (Å²) in [5, 5.41) is 14.2. The van der Waals surface area contributed by atoms with E-state index in [-0.39, 0.29) is 0 Å². The standard InChI is InChI=1S/C16H20N2O/c19-11-13-4-3-7-15(13)18-10-12-8-9-17-16-6-2-1-5-14(12)16/h1-2,5-6,8-9,13,15,18-19H,3-4,7,10-11H2. The van der Waals surface area contributed by atoms with E-state index in [1.165, 1.54) is 23.8 Å². The van der Waals surface area contributed by atoms with Gasteiger partial charge in [-0.1, -0.05) is 24.6 Å². The van der Waals surface area contributed by atoms with Crippen LogP contribution in [0, 0.1) is 5.92 Å². The predicted octanol–water partition coefficient (Wildman–Crippen LogP) is 2.49. The Labute approximate surface area is 113 Å². The molecule has 2 unspecified atom stereocenters. The lowest BCUT2D eigenvalue weighted by Gasteiger charge is -2.19. The highest BCUT2D eigenvalue weighted by Crippen LogP contribution is 2.25.